The highest BCUT2D eigenvalue weighted by atomic mass is 35.5. The first-order valence-corrected chi connectivity index (χ1v) is 11.4. The average Bonchev–Trinajstić information content (AvgIpc) is 2.72. The first-order chi connectivity index (χ1) is 13.9. The molecule has 0 radical (unpaired) electrons. The van der Waals surface area contributed by atoms with Gasteiger partial charge in [-0.05, 0) is 54.7 Å². The molecule has 2 aromatic carbocycles. The molecule has 1 heterocycles. The van der Waals surface area contributed by atoms with Crippen LogP contribution in [0.5, 0.6) is 5.75 Å². The molecule has 1 saturated heterocycles. The van der Waals surface area contributed by atoms with Crippen LogP contribution < -0.4 is 10.1 Å². The zero-order valence-corrected chi connectivity index (χ0v) is 17.9. The summed E-state index contributed by atoms with van der Waals surface area (Å²) in [5.74, 6) is 0.703. The number of hydrogen-bond donors (Lipinski definition) is 1. The third-order valence-corrected chi connectivity index (χ3v) is 7.29. The highest BCUT2D eigenvalue weighted by Crippen LogP contribution is 2.24. The van der Waals surface area contributed by atoms with Crippen molar-refractivity contribution < 1.29 is 17.9 Å². The Labute approximate surface area is 176 Å². The maximum atomic E-state index is 12.7. The van der Waals surface area contributed by atoms with E-state index in [1.165, 1.54) is 16.4 Å². The molecule has 0 spiro atoms. The molecule has 1 fully saturated rings. The quantitative estimate of drug-likeness (QED) is 0.721. The fourth-order valence-corrected chi connectivity index (χ4v) is 4.79. The number of hydrogen-bond acceptors (Lipinski definition) is 4. The van der Waals surface area contributed by atoms with Gasteiger partial charge in [0.2, 0.25) is 10.0 Å². The topological polar surface area (TPSA) is 75.7 Å². The van der Waals surface area contributed by atoms with Crippen molar-refractivity contribution in [2.45, 2.75) is 31.2 Å². The molecule has 2 aromatic rings. The lowest BCUT2D eigenvalue weighted by atomic mass is 10.0. The average molecular weight is 437 g/mol. The van der Waals surface area contributed by atoms with E-state index in [4.69, 9.17) is 16.3 Å². The molecule has 0 aliphatic carbocycles. The smallest absolute Gasteiger partial charge is 0.258 e. The number of nitrogens with zero attached hydrogens (tertiary/aromatic N) is 1. The van der Waals surface area contributed by atoms with Crippen LogP contribution in [0.3, 0.4) is 0 Å². The van der Waals surface area contributed by atoms with E-state index >= 15 is 0 Å². The first-order valence-electron chi connectivity index (χ1n) is 9.59. The Kier molecular flexibility index (Phi) is 7.16. The number of rotatable bonds is 7. The molecule has 1 aliphatic heterocycles. The summed E-state index contributed by atoms with van der Waals surface area (Å²) in [4.78, 5) is 12.2. The first kappa shape index (κ1) is 21.6. The molecule has 0 atom stereocenters. The predicted octanol–water partition coefficient (Wildman–Crippen LogP) is 3.46. The second kappa shape index (κ2) is 9.61. The number of piperidine rings is 1. The van der Waals surface area contributed by atoms with Crippen LogP contribution in [0.4, 0.5) is 0 Å². The molecule has 6 nitrogen and oxygen atoms in total. The van der Waals surface area contributed by atoms with E-state index in [2.05, 4.69) is 12.2 Å². The van der Waals surface area contributed by atoms with Crippen LogP contribution in [0, 0.1) is 5.92 Å². The van der Waals surface area contributed by atoms with Crippen LogP contribution in [0.1, 0.15) is 25.3 Å². The fraction of sp³-hybridized carbons (Fsp3) is 0.381. The minimum Gasteiger partial charge on any atom is -0.484 e. The third-order valence-electron chi connectivity index (χ3n) is 5.01. The lowest BCUT2D eigenvalue weighted by Gasteiger charge is -2.29. The second-order valence-corrected chi connectivity index (χ2v) is 9.56. The van der Waals surface area contributed by atoms with E-state index in [0.29, 0.717) is 36.3 Å². The molecule has 0 bridgehead atoms. The largest absolute Gasteiger partial charge is 0.484 e. The number of nitrogens with one attached hydrogen (secondary N) is 1. The Morgan fingerprint density at radius 2 is 1.79 bits per heavy atom. The monoisotopic (exact) mass is 436 g/mol. The zero-order valence-electron chi connectivity index (χ0n) is 16.3. The number of benzene rings is 2. The van der Waals surface area contributed by atoms with Gasteiger partial charge in [-0.1, -0.05) is 36.7 Å². The van der Waals surface area contributed by atoms with E-state index < -0.39 is 10.0 Å². The van der Waals surface area contributed by atoms with Crippen molar-refractivity contribution in [3.05, 3.63) is 59.1 Å². The van der Waals surface area contributed by atoms with Crippen LogP contribution in [0.15, 0.2) is 53.4 Å². The van der Waals surface area contributed by atoms with E-state index in [1.54, 1.807) is 18.2 Å². The van der Waals surface area contributed by atoms with Crippen molar-refractivity contribution in [1.29, 1.82) is 0 Å². The summed E-state index contributed by atoms with van der Waals surface area (Å²) in [5.41, 5.74) is 0.823. The van der Waals surface area contributed by atoms with E-state index in [0.717, 1.165) is 18.4 Å². The molecule has 29 heavy (non-hydrogen) atoms. The van der Waals surface area contributed by atoms with Crippen LogP contribution in [0.25, 0.3) is 0 Å². The van der Waals surface area contributed by atoms with Gasteiger partial charge in [-0.15, -0.1) is 0 Å². The molecule has 8 heteroatoms. The SMILES string of the molecule is CC1CCN(S(=O)(=O)c2ccc(OCC(=O)NCc3ccccc3Cl)cc2)CC1. The molecule has 0 saturated carbocycles. The van der Waals surface area contributed by atoms with Crippen molar-refractivity contribution in [3.8, 4) is 5.75 Å². The molecule has 156 valence electrons. The van der Waals surface area contributed by atoms with Gasteiger partial charge in [0.25, 0.3) is 5.91 Å². The van der Waals surface area contributed by atoms with Crippen molar-refractivity contribution >= 4 is 27.5 Å². The van der Waals surface area contributed by atoms with Gasteiger partial charge in [0.05, 0.1) is 4.90 Å². The maximum Gasteiger partial charge on any atom is 0.258 e. The van der Waals surface area contributed by atoms with E-state index in [1.807, 2.05) is 18.2 Å². The Balaban J connectivity index is 1.51. The zero-order chi connectivity index (χ0) is 20.9. The Bertz CT molecular complexity index is 939. The predicted molar refractivity (Wildman–Crippen MR) is 112 cm³/mol. The summed E-state index contributed by atoms with van der Waals surface area (Å²) in [6.07, 6.45) is 1.76. The van der Waals surface area contributed by atoms with Crippen LogP contribution in [-0.2, 0) is 21.4 Å². The summed E-state index contributed by atoms with van der Waals surface area (Å²) in [6, 6.07) is 13.5. The van der Waals surface area contributed by atoms with E-state index in [9.17, 15) is 13.2 Å². The van der Waals surface area contributed by atoms with Gasteiger partial charge < -0.3 is 10.1 Å². The van der Waals surface area contributed by atoms with Crippen LogP contribution in [0.2, 0.25) is 5.02 Å². The Hall–Kier alpha value is -2.09. The fourth-order valence-electron chi connectivity index (χ4n) is 3.12. The Morgan fingerprint density at radius 1 is 1.14 bits per heavy atom. The Morgan fingerprint density at radius 3 is 2.45 bits per heavy atom. The highest BCUT2D eigenvalue weighted by Gasteiger charge is 2.27. The highest BCUT2D eigenvalue weighted by molar-refractivity contribution is 7.89. The van der Waals surface area contributed by atoms with Crippen molar-refractivity contribution in [1.82, 2.24) is 9.62 Å². The third kappa shape index (κ3) is 5.72. The summed E-state index contributed by atoms with van der Waals surface area (Å²) in [6.45, 7) is 3.38. The van der Waals surface area contributed by atoms with Crippen LogP contribution >= 0.6 is 11.6 Å². The molecule has 0 aromatic heterocycles. The molecule has 1 aliphatic rings. The van der Waals surface area contributed by atoms with Gasteiger partial charge in [-0.3, -0.25) is 4.79 Å². The number of carbonyl (C=O) groups is 1. The van der Waals surface area contributed by atoms with Gasteiger partial charge in [-0.25, -0.2) is 8.42 Å². The number of sulfonamides is 1. The normalized spacial score (nSPS) is 15.8. The van der Waals surface area contributed by atoms with E-state index in [-0.39, 0.29) is 17.4 Å². The molecule has 1 N–H and O–H groups in total. The van der Waals surface area contributed by atoms with Crippen molar-refractivity contribution in [3.63, 3.8) is 0 Å². The second-order valence-electron chi connectivity index (χ2n) is 7.21. The van der Waals surface area contributed by atoms with Gasteiger partial charge in [-0.2, -0.15) is 4.31 Å². The summed E-state index contributed by atoms with van der Waals surface area (Å²) in [5, 5.41) is 3.33. The lowest BCUT2D eigenvalue weighted by molar-refractivity contribution is -0.123. The molecule has 3 rings (SSSR count). The number of halogens is 1. The van der Waals surface area contributed by atoms with Crippen molar-refractivity contribution in [2.24, 2.45) is 5.92 Å². The van der Waals surface area contributed by atoms with Gasteiger partial charge in [0.15, 0.2) is 6.61 Å². The number of carbonyl (C=O) groups excluding carboxylic acids is 1. The summed E-state index contributed by atoms with van der Waals surface area (Å²) < 4.78 is 32.5. The van der Waals surface area contributed by atoms with Gasteiger partial charge in [0.1, 0.15) is 5.75 Å². The minimum atomic E-state index is -3.49. The minimum absolute atomic E-state index is 0.166. The summed E-state index contributed by atoms with van der Waals surface area (Å²) >= 11 is 6.06. The molecule has 0 unspecified atom stereocenters. The van der Waals surface area contributed by atoms with Gasteiger partial charge >= 0.3 is 0 Å². The number of amides is 1. The lowest BCUT2D eigenvalue weighted by Crippen LogP contribution is -2.37. The van der Waals surface area contributed by atoms with Crippen LogP contribution in [-0.4, -0.2) is 38.3 Å². The molecular weight excluding hydrogens is 412 g/mol. The molecular formula is C21H25ClN2O4S. The van der Waals surface area contributed by atoms with Gasteiger partial charge in [0, 0.05) is 24.7 Å². The standard InChI is InChI=1S/C21H25ClN2O4S/c1-16-10-12-24(13-11-16)29(26,27)19-8-6-18(7-9-19)28-15-21(25)23-14-17-4-2-3-5-20(17)22/h2-9,16H,10-15H2,1H3,(H,23,25). The summed E-state index contributed by atoms with van der Waals surface area (Å²) in [7, 11) is -3.49. The molecule has 1 amide bonds. The maximum absolute atomic E-state index is 12.7. The van der Waals surface area contributed by atoms with Crippen molar-refractivity contribution in [2.75, 3.05) is 19.7 Å². The number of ether oxygens (including phenoxy) is 1.